The van der Waals surface area contributed by atoms with Crippen molar-refractivity contribution >= 4 is 29.2 Å². The lowest BCUT2D eigenvalue weighted by Gasteiger charge is -2.32. The van der Waals surface area contributed by atoms with Gasteiger partial charge < -0.3 is 15.8 Å². The van der Waals surface area contributed by atoms with Gasteiger partial charge in [0.15, 0.2) is 0 Å². The molecule has 1 aromatic rings. The van der Waals surface area contributed by atoms with Crippen molar-refractivity contribution in [3.63, 3.8) is 0 Å². The minimum atomic E-state index is -0.665. The van der Waals surface area contributed by atoms with Crippen molar-refractivity contribution < 1.29 is 14.3 Å². The molecule has 1 saturated carbocycles. The Morgan fingerprint density at radius 3 is 2.44 bits per heavy atom. The number of hydrogen-bond acceptors (Lipinski definition) is 4. The van der Waals surface area contributed by atoms with Crippen LogP contribution in [0.15, 0.2) is 18.2 Å². The SMILES string of the molecule is CC(C)(C)OC(=O)[C@@H](NC(=O)c1ccc(Cl)cc1N)C1CCCCC1. The predicted molar refractivity (Wildman–Crippen MR) is 99.5 cm³/mol. The number of nitrogen functional groups attached to an aromatic ring is 1. The first-order valence-electron chi connectivity index (χ1n) is 8.76. The molecular weight excluding hydrogens is 340 g/mol. The molecule has 0 bridgehead atoms. The molecule has 0 spiro atoms. The Hall–Kier alpha value is -1.75. The summed E-state index contributed by atoms with van der Waals surface area (Å²) >= 11 is 5.89. The lowest BCUT2D eigenvalue weighted by Crippen LogP contribution is -2.49. The number of nitrogens with one attached hydrogen (secondary N) is 1. The van der Waals surface area contributed by atoms with Gasteiger partial charge in [-0.1, -0.05) is 30.9 Å². The van der Waals surface area contributed by atoms with Crippen LogP contribution >= 0.6 is 11.6 Å². The first-order chi connectivity index (χ1) is 11.7. The highest BCUT2D eigenvalue weighted by Gasteiger charge is 2.34. The Bertz CT molecular complexity index is 634. The number of rotatable bonds is 4. The van der Waals surface area contributed by atoms with E-state index in [0.29, 0.717) is 10.6 Å². The second-order valence-electron chi connectivity index (χ2n) is 7.61. The van der Waals surface area contributed by atoms with Crippen LogP contribution < -0.4 is 11.1 Å². The van der Waals surface area contributed by atoms with Crippen molar-refractivity contribution in [2.75, 3.05) is 5.73 Å². The van der Waals surface area contributed by atoms with Gasteiger partial charge in [-0.2, -0.15) is 0 Å². The summed E-state index contributed by atoms with van der Waals surface area (Å²) in [6, 6.07) is 4.04. The summed E-state index contributed by atoms with van der Waals surface area (Å²) in [6.45, 7) is 5.46. The molecule has 2 rings (SSSR count). The number of anilines is 1. The number of benzene rings is 1. The van der Waals surface area contributed by atoms with Crippen molar-refractivity contribution in [2.45, 2.75) is 64.5 Å². The quantitative estimate of drug-likeness (QED) is 0.624. The first-order valence-corrected chi connectivity index (χ1v) is 9.14. The van der Waals surface area contributed by atoms with Gasteiger partial charge in [0, 0.05) is 10.7 Å². The Morgan fingerprint density at radius 1 is 1.24 bits per heavy atom. The molecule has 1 atom stereocenters. The molecule has 0 aromatic heterocycles. The monoisotopic (exact) mass is 366 g/mol. The molecule has 1 amide bonds. The van der Waals surface area contributed by atoms with Crippen LogP contribution in [-0.4, -0.2) is 23.5 Å². The molecule has 3 N–H and O–H groups in total. The maximum Gasteiger partial charge on any atom is 0.329 e. The Kier molecular flexibility index (Phi) is 6.33. The second-order valence-corrected chi connectivity index (χ2v) is 8.05. The molecule has 0 saturated heterocycles. The smallest absolute Gasteiger partial charge is 0.329 e. The highest BCUT2D eigenvalue weighted by atomic mass is 35.5. The van der Waals surface area contributed by atoms with E-state index in [1.807, 2.05) is 20.8 Å². The molecule has 0 unspecified atom stereocenters. The molecule has 0 aliphatic heterocycles. The summed E-state index contributed by atoms with van der Waals surface area (Å²) in [5.74, 6) is -0.683. The second kappa shape index (κ2) is 8.09. The topological polar surface area (TPSA) is 81.4 Å². The van der Waals surface area contributed by atoms with Crippen LogP contribution in [0.1, 0.15) is 63.2 Å². The standard InChI is InChI=1S/C19H27ClN2O3/c1-19(2,3)25-18(24)16(12-7-5-4-6-8-12)22-17(23)14-10-9-13(20)11-15(14)21/h9-12,16H,4-8,21H2,1-3H3,(H,22,23)/t16-/m0/s1. The lowest BCUT2D eigenvalue weighted by molar-refractivity contribution is -0.159. The number of hydrogen-bond donors (Lipinski definition) is 2. The van der Waals surface area contributed by atoms with Crippen LogP contribution in [0.3, 0.4) is 0 Å². The van der Waals surface area contributed by atoms with Gasteiger partial charge in [0.2, 0.25) is 0 Å². The molecule has 1 aliphatic rings. The zero-order valence-corrected chi connectivity index (χ0v) is 15.9. The molecule has 1 fully saturated rings. The molecule has 5 nitrogen and oxygen atoms in total. The van der Waals surface area contributed by atoms with Gasteiger partial charge in [-0.25, -0.2) is 4.79 Å². The van der Waals surface area contributed by atoms with Gasteiger partial charge in [0.25, 0.3) is 5.91 Å². The number of ether oxygens (including phenoxy) is 1. The van der Waals surface area contributed by atoms with Gasteiger partial charge in [-0.05, 0) is 57.7 Å². The van der Waals surface area contributed by atoms with Crippen molar-refractivity contribution in [2.24, 2.45) is 5.92 Å². The highest BCUT2D eigenvalue weighted by molar-refractivity contribution is 6.31. The van der Waals surface area contributed by atoms with E-state index in [1.165, 1.54) is 6.07 Å². The third-order valence-corrected chi connectivity index (χ3v) is 4.56. The molecule has 6 heteroatoms. The van der Waals surface area contributed by atoms with E-state index >= 15 is 0 Å². The lowest BCUT2D eigenvalue weighted by atomic mass is 9.83. The van der Waals surface area contributed by atoms with Crippen LogP contribution in [0, 0.1) is 5.92 Å². The third kappa shape index (κ3) is 5.63. The molecule has 1 aromatic carbocycles. The largest absolute Gasteiger partial charge is 0.458 e. The van der Waals surface area contributed by atoms with Crippen LogP contribution in [0.4, 0.5) is 5.69 Å². The maximum atomic E-state index is 12.7. The van der Waals surface area contributed by atoms with E-state index in [4.69, 9.17) is 22.1 Å². The van der Waals surface area contributed by atoms with Crippen LogP contribution in [0.2, 0.25) is 5.02 Å². The van der Waals surface area contributed by atoms with E-state index in [2.05, 4.69) is 5.32 Å². The Balaban J connectivity index is 2.19. The summed E-state index contributed by atoms with van der Waals surface area (Å²) in [5, 5.41) is 3.31. The Morgan fingerprint density at radius 2 is 1.88 bits per heavy atom. The third-order valence-electron chi connectivity index (χ3n) is 4.33. The maximum absolute atomic E-state index is 12.7. The number of halogens is 1. The molecule has 25 heavy (non-hydrogen) atoms. The average molecular weight is 367 g/mol. The average Bonchev–Trinajstić information content (AvgIpc) is 2.51. The summed E-state index contributed by atoms with van der Waals surface area (Å²) in [5.41, 5.74) is 5.89. The van der Waals surface area contributed by atoms with Crippen molar-refractivity contribution in [3.8, 4) is 0 Å². The molecule has 0 heterocycles. The van der Waals surface area contributed by atoms with E-state index < -0.39 is 11.6 Å². The van der Waals surface area contributed by atoms with Gasteiger partial charge >= 0.3 is 5.97 Å². The fourth-order valence-corrected chi connectivity index (χ4v) is 3.34. The summed E-state index contributed by atoms with van der Waals surface area (Å²) < 4.78 is 5.53. The fraction of sp³-hybridized carbons (Fsp3) is 0.579. The molecular formula is C19H27ClN2O3. The van der Waals surface area contributed by atoms with Crippen LogP contribution in [-0.2, 0) is 9.53 Å². The van der Waals surface area contributed by atoms with E-state index in [9.17, 15) is 9.59 Å². The summed E-state index contributed by atoms with van der Waals surface area (Å²) in [6.07, 6.45) is 5.09. The first kappa shape index (κ1) is 19.6. The Labute approximate surface area is 154 Å². The predicted octanol–water partition coefficient (Wildman–Crippen LogP) is 3.94. The zero-order valence-electron chi connectivity index (χ0n) is 15.1. The van der Waals surface area contributed by atoms with Gasteiger partial charge in [-0.3, -0.25) is 4.79 Å². The summed E-state index contributed by atoms with van der Waals surface area (Å²) in [4.78, 5) is 25.3. The van der Waals surface area contributed by atoms with Crippen LogP contribution in [0.5, 0.6) is 0 Å². The zero-order chi connectivity index (χ0) is 18.6. The van der Waals surface area contributed by atoms with Crippen molar-refractivity contribution in [3.05, 3.63) is 28.8 Å². The normalized spacial score (nSPS) is 17.0. The number of esters is 1. The minimum absolute atomic E-state index is 0.0843. The van der Waals surface area contributed by atoms with Crippen LogP contribution in [0.25, 0.3) is 0 Å². The number of nitrogens with two attached hydrogens (primary N) is 1. The van der Waals surface area contributed by atoms with E-state index in [0.717, 1.165) is 32.1 Å². The van der Waals surface area contributed by atoms with Gasteiger partial charge in [0.05, 0.1) is 5.56 Å². The molecule has 138 valence electrons. The van der Waals surface area contributed by atoms with E-state index in [-0.39, 0.29) is 23.5 Å². The molecule has 0 radical (unpaired) electrons. The fourth-order valence-electron chi connectivity index (χ4n) is 3.16. The van der Waals surface area contributed by atoms with Crippen molar-refractivity contribution in [1.82, 2.24) is 5.32 Å². The number of amides is 1. The van der Waals surface area contributed by atoms with Crippen molar-refractivity contribution in [1.29, 1.82) is 0 Å². The van der Waals surface area contributed by atoms with E-state index in [1.54, 1.807) is 12.1 Å². The minimum Gasteiger partial charge on any atom is -0.458 e. The molecule has 1 aliphatic carbocycles. The number of carbonyl (C=O) groups excluding carboxylic acids is 2. The summed E-state index contributed by atoms with van der Waals surface area (Å²) in [7, 11) is 0. The van der Waals surface area contributed by atoms with Gasteiger partial charge in [0.1, 0.15) is 11.6 Å². The van der Waals surface area contributed by atoms with Gasteiger partial charge in [-0.15, -0.1) is 0 Å². The number of carbonyl (C=O) groups is 2. The highest BCUT2D eigenvalue weighted by Crippen LogP contribution is 2.28.